The normalized spacial score (nSPS) is 9.90. The zero-order valence-electron chi connectivity index (χ0n) is 11.4. The fraction of sp³-hybridized carbons (Fsp3) is 0.333. The van der Waals surface area contributed by atoms with E-state index in [1.54, 1.807) is 18.2 Å². The number of benzene rings is 1. The summed E-state index contributed by atoms with van der Waals surface area (Å²) in [5, 5.41) is 0.456. The fourth-order valence-electron chi connectivity index (χ4n) is 1.16. The molecular weight excluding hydrogens is 339 g/mol. The molecule has 116 valence electrons. The Bertz CT molecular complexity index is 504. The Hall–Kier alpha value is -1.31. The first-order valence-electron chi connectivity index (χ1n) is 5.79. The molecule has 0 aliphatic rings. The third-order valence-corrected chi connectivity index (χ3v) is 3.24. The molecule has 0 fully saturated rings. The lowest BCUT2D eigenvalue weighted by Crippen LogP contribution is -2.31. The molecule has 0 unspecified atom stereocenters. The lowest BCUT2D eigenvalue weighted by atomic mass is 10.3. The van der Waals surface area contributed by atoms with Gasteiger partial charge in [0, 0.05) is 19.1 Å². The van der Waals surface area contributed by atoms with Crippen molar-refractivity contribution >= 4 is 47.5 Å². The molecule has 0 bridgehead atoms. The van der Waals surface area contributed by atoms with Crippen LogP contribution in [0.15, 0.2) is 24.3 Å². The molecule has 0 aromatic heterocycles. The van der Waals surface area contributed by atoms with Gasteiger partial charge in [0.15, 0.2) is 0 Å². The number of hydrogen-bond acceptors (Lipinski definition) is 5. The number of amides is 2. The smallest absolute Gasteiger partial charge is 0.426 e. The first-order valence-corrected chi connectivity index (χ1v) is 7.44. The molecule has 9 heteroatoms. The highest BCUT2D eigenvalue weighted by molar-refractivity contribution is 7.95. The number of ether oxygens (including phenoxy) is 2. The maximum Gasteiger partial charge on any atom is 0.426 e. The van der Waals surface area contributed by atoms with Gasteiger partial charge in [-0.05, 0) is 18.2 Å². The molecule has 0 spiro atoms. The maximum absolute atomic E-state index is 11.8. The van der Waals surface area contributed by atoms with E-state index in [4.69, 9.17) is 32.7 Å². The monoisotopic (exact) mass is 352 g/mol. The van der Waals surface area contributed by atoms with Crippen molar-refractivity contribution in [2.45, 2.75) is 0 Å². The molecule has 2 amide bonds. The molecule has 0 atom stereocenters. The average molecular weight is 353 g/mol. The van der Waals surface area contributed by atoms with Gasteiger partial charge in [0.25, 0.3) is 0 Å². The van der Waals surface area contributed by atoms with Gasteiger partial charge < -0.3 is 9.47 Å². The van der Waals surface area contributed by atoms with E-state index >= 15 is 0 Å². The first-order chi connectivity index (χ1) is 9.93. The van der Waals surface area contributed by atoms with Gasteiger partial charge in [0.05, 0.1) is 18.0 Å². The third kappa shape index (κ3) is 6.33. The van der Waals surface area contributed by atoms with Crippen molar-refractivity contribution in [2.24, 2.45) is 0 Å². The van der Waals surface area contributed by atoms with Crippen LogP contribution in [0.4, 0.5) is 9.59 Å². The van der Waals surface area contributed by atoms with Crippen molar-refractivity contribution in [1.29, 1.82) is 0 Å². The van der Waals surface area contributed by atoms with Crippen molar-refractivity contribution < 1.29 is 19.1 Å². The van der Waals surface area contributed by atoms with Crippen molar-refractivity contribution in [3.8, 4) is 5.75 Å². The zero-order valence-corrected chi connectivity index (χ0v) is 13.7. The Labute approximate surface area is 137 Å². The van der Waals surface area contributed by atoms with Crippen molar-refractivity contribution in [1.82, 2.24) is 8.61 Å². The average Bonchev–Trinajstić information content (AvgIpc) is 2.44. The lowest BCUT2D eigenvalue weighted by Gasteiger charge is -2.21. The zero-order chi connectivity index (χ0) is 15.8. The maximum atomic E-state index is 11.8. The Morgan fingerprint density at radius 1 is 1.24 bits per heavy atom. The highest BCUT2D eigenvalue weighted by Crippen LogP contribution is 2.20. The Morgan fingerprint density at radius 3 is 2.52 bits per heavy atom. The van der Waals surface area contributed by atoms with E-state index in [0.29, 0.717) is 10.8 Å². The quantitative estimate of drug-likeness (QED) is 0.598. The SMILES string of the molecule is CN(SN(C)C(=O)Oc1cccc(Cl)c1)C(=O)OCCCl. The van der Waals surface area contributed by atoms with Crippen LogP contribution in [0, 0.1) is 0 Å². The van der Waals surface area contributed by atoms with Crippen LogP contribution in [0.5, 0.6) is 5.75 Å². The highest BCUT2D eigenvalue weighted by atomic mass is 35.5. The summed E-state index contributed by atoms with van der Waals surface area (Å²) in [6.45, 7) is 0.0992. The summed E-state index contributed by atoms with van der Waals surface area (Å²) in [7, 11) is 2.92. The number of carbonyl (C=O) groups is 2. The van der Waals surface area contributed by atoms with Crippen LogP contribution >= 0.6 is 35.3 Å². The van der Waals surface area contributed by atoms with Crippen LogP contribution in [0.25, 0.3) is 0 Å². The van der Waals surface area contributed by atoms with E-state index in [9.17, 15) is 9.59 Å². The second-order valence-electron chi connectivity index (χ2n) is 3.71. The molecule has 6 nitrogen and oxygen atoms in total. The molecular formula is C12H14Cl2N2O4S. The Balaban J connectivity index is 2.49. The summed E-state index contributed by atoms with van der Waals surface area (Å²) in [4.78, 5) is 23.3. The van der Waals surface area contributed by atoms with Crippen LogP contribution < -0.4 is 4.74 Å². The number of carbonyl (C=O) groups excluding carboxylic acids is 2. The van der Waals surface area contributed by atoms with E-state index in [2.05, 4.69) is 0 Å². The Kier molecular flexibility index (Phi) is 7.49. The van der Waals surface area contributed by atoms with Crippen molar-refractivity contribution in [3.63, 3.8) is 0 Å². The third-order valence-electron chi connectivity index (χ3n) is 2.06. The minimum absolute atomic E-state index is 0.0992. The van der Waals surface area contributed by atoms with Gasteiger partial charge in [-0.2, -0.15) is 0 Å². The largest absolute Gasteiger partial charge is 0.448 e. The summed E-state index contributed by atoms with van der Waals surface area (Å²) in [5.74, 6) is 0.518. The Morgan fingerprint density at radius 2 is 1.90 bits per heavy atom. The van der Waals surface area contributed by atoms with Crippen LogP contribution in [0.3, 0.4) is 0 Å². The number of nitrogens with zero attached hydrogens (tertiary/aromatic N) is 2. The van der Waals surface area contributed by atoms with E-state index in [0.717, 1.165) is 20.7 Å². The fourth-order valence-corrected chi connectivity index (χ4v) is 2.01. The van der Waals surface area contributed by atoms with Gasteiger partial charge >= 0.3 is 12.2 Å². The minimum Gasteiger partial charge on any atom is -0.448 e. The van der Waals surface area contributed by atoms with Crippen molar-refractivity contribution in [3.05, 3.63) is 29.3 Å². The minimum atomic E-state index is -0.653. The molecule has 0 saturated carbocycles. The van der Waals surface area contributed by atoms with Crippen molar-refractivity contribution in [2.75, 3.05) is 26.6 Å². The van der Waals surface area contributed by atoms with E-state index < -0.39 is 12.2 Å². The van der Waals surface area contributed by atoms with Gasteiger partial charge in [-0.1, -0.05) is 17.7 Å². The van der Waals surface area contributed by atoms with E-state index in [1.165, 1.54) is 20.2 Å². The first kappa shape index (κ1) is 17.7. The molecule has 0 aliphatic carbocycles. The van der Waals surface area contributed by atoms with E-state index in [-0.39, 0.29) is 12.5 Å². The summed E-state index contributed by atoms with van der Waals surface area (Å²) >= 11 is 12.0. The number of alkyl halides is 1. The van der Waals surface area contributed by atoms with Gasteiger partial charge in [0.2, 0.25) is 0 Å². The number of hydrogen-bond donors (Lipinski definition) is 0. The molecule has 0 aliphatic heterocycles. The topological polar surface area (TPSA) is 59.1 Å². The molecule has 21 heavy (non-hydrogen) atoms. The molecule has 1 aromatic carbocycles. The predicted molar refractivity (Wildman–Crippen MR) is 82.7 cm³/mol. The van der Waals surface area contributed by atoms with Crippen LogP contribution in [0.2, 0.25) is 5.02 Å². The summed E-state index contributed by atoms with van der Waals surface area (Å²) < 4.78 is 12.2. The summed E-state index contributed by atoms with van der Waals surface area (Å²) in [6, 6.07) is 6.43. The molecule has 0 heterocycles. The van der Waals surface area contributed by atoms with Crippen LogP contribution in [0.1, 0.15) is 0 Å². The van der Waals surface area contributed by atoms with Gasteiger partial charge in [0.1, 0.15) is 12.4 Å². The number of halogens is 2. The van der Waals surface area contributed by atoms with Gasteiger partial charge in [-0.25, -0.2) is 18.2 Å². The summed E-state index contributed by atoms with van der Waals surface area (Å²) in [6.07, 6.45) is -1.26. The van der Waals surface area contributed by atoms with E-state index in [1.807, 2.05) is 0 Å². The molecule has 1 aromatic rings. The summed E-state index contributed by atoms with van der Waals surface area (Å²) in [5.41, 5.74) is 0. The predicted octanol–water partition coefficient (Wildman–Crippen LogP) is 3.64. The van der Waals surface area contributed by atoms with Crippen LogP contribution in [-0.2, 0) is 4.74 Å². The van der Waals surface area contributed by atoms with Gasteiger partial charge in [-0.3, -0.25) is 0 Å². The molecule has 1 rings (SSSR count). The van der Waals surface area contributed by atoms with Gasteiger partial charge in [-0.15, -0.1) is 11.6 Å². The molecule has 0 saturated heterocycles. The second kappa shape index (κ2) is 8.86. The second-order valence-corrected chi connectivity index (χ2v) is 5.78. The highest BCUT2D eigenvalue weighted by Gasteiger charge is 2.19. The standard InChI is InChI=1S/C12H14Cl2N2O4S/c1-15(11(17)19-7-6-13)21-16(2)12(18)20-10-5-3-4-9(14)8-10/h3-5,8H,6-7H2,1-2H3. The molecule has 0 N–H and O–H groups in total. The van der Waals surface area contributed by atoms with Crippen LogP contribution in [-0.4, -0.2) is 47.4 Å². The number of rotatable bonds is 5. The lowest BCUT2D eigenvalue weighted by molar-refractivity contribution is 0.138. The molecule has 0 radical (unpaired) electrons.